The Morgan fingerprint density at radius 3 is 2.50 bits per heavy atom. The minimum absolute atomic E-state index is 0.0902. The van der Waals surface area contributed by atoms with Crippen LogP contribution in [0.15, 0.2) is 24.3 Å². The number of fused-ring (bicyclic) bond motifs is 1. The number of para-hydroxylation sites is 1. The van der Waals surface area contributed by atoms with Crippen LogP contribution < -0.4 is 5.73 Å². The molecule has 14 heavy (non-hydrogen) atoms. The van der Waals surface area contributed by atoms with Gasteiger partial charge in [0.25, 0.3) is 0 Å². The molecule has 0 saturated carbocycles. The summed E-state index contributed by atoms with van der Waals surface area (Å²) in [6.45, 7) is 4.17. The molecule has 1 unspecified atom stereocenters. The van der Waals surface area contributed by atoms with Gasteiger partial charge in [-0.1, -0.05) is 18.2 Å². The summed E-state index contributed by atoms with van der Waals surface area (Å²) < 4.78 is 2.19. The molecule has 2 N–H and O–H groups in total. The van der Waals surface area contributed by atoms with Crippen LogP contribution in [0.3, 0.4) is 0 Å². The first-order valence-electron chi connectivity index (χ1n) is 4.92. The van der Waals surface area contributed by atoms with Crippen molar-refractivity contribution in [1.82, 2.24) is 4.57 Å². The van der Waals surface area contributed by atoms with Gasteiger partial charge >= 0.3 is 0 Å². The van der Waals surface area contributed by atoms with Gasteiger partial charge in [0.2, 0.25) is 0 Å². The van der Waals surface area contributed by atoms with Crippen LogP contribution in [0.1, 0.15) is 24.2 Å². The Hall–Kier alpha value is -1.28. The maximum atomic E-state index is 5.96. The third-order valence-electron chi connectivity index (χ3n) is 2.85. The zero-order valence-corrected chi connectivity index (χ0v) is 8.91. The quantitative estimate of drug-likeness (QED) is 0.732. The summed E-state index contributed by atoms with van der Waals surface area (Å²) >= 11 is 0. The molecule has 2 heteroatoms. The van der Waals surface area contributed by atoms with Crippen LogP contribution in [-0.4, -0.2) is 4.57 Å². The van der Waals surface area contributed by atoms with Crippen molar-refractivity contribution < 1.29 is 0 Å². The summed E-state index contributed by atoms with van der Waals surface area (Å²) in [7, 11) is 2.08. The van der Waals surface area contributed by atoms with Gasteiger partial charge in [0.15, 0.2) is 0 Å². The Kier molecular flexibility index (Phi) is 2.08. The fourth-order valence-electron chi connectivity index (χ4n) is 2.25. The Balaban J connectivity index is 2.85. The van der Waals surface area contributed by atoms with Gasteiger partial charge in [0.1, 0.15) is 0 Å². The van der Waals surface area contributed by atoms with Crippen LogP contribution in [-0.2, 0) is 7.05 Å². The first-order valence-corrected chi connectivity index (χ1v) is 4.92. The highest BCUT2D eigenvalue weighted by Gasteiger charge is 2.13. The molecule has 1 aromatic carbocycles. The van der Waals surface area contributed by atoms with Crippen molar-refractivity contribution in [2.75, 3.05) is 0 Å². The van der Waals surface area contributed by atoms with E-state index >= 15 is 0 Å². The number of rotatable bonds is 1. The predicted molar refractivity (Wildman–Crippen MR) is 60.3 cm³/mol. The van der Waals surface area contributed by atoms with E-state index in [1.807, 2.05) is 6.92 Å². The molecule has 1 heterocycles. The molecule has 0 radical (unpaired) electrons. The van der Waals surface area contributed by atoms with Crippen molar-refractivity contribution in [3.63, 3.8) is 0 Å². The van der Waals surface area contributed by atoms with Gasteiger partial charge in [-0.05, 0) is 25.5 Å². The second-order valence-corrected chi connectivity index (χ2v) is 3.88. The molecule has 0 saturated heterocycles. The van der Waals surface area contributed by atoms with Crippen LogP contribution in [0.5, 0.6) is 0 Å². The van der Waals surface area contributed by atoms with Crippen molar-refractivity contribution in [1.29, 1.82) is 0 Å². The SMILES string of the molecule is Cc1c(C(C)N)n(C)c2ccccc12. The standard InChI is InChI=1S/C12H16N2/c1-8-10-6-4-5-7-11(10)14(3)12(8)9(2)13/h4-7,9H,13H2,1-3H3. The summed E-state index contributed by atoms with van der Waals surface area (Å²) in [6, 6.07) is 8.50. The van der Waals surface area contributed by atoms with E-state index in [2.05, 4.69) is 42.8 Å². The number of benzene rings is 1. The third-order valence-corrected chi connectivity index (χ3v) is 2.85. The van der Waals surface area contributed by atoms with Crippen LogP contribution in [0.25, 0.3) is 10.9 Å². The molecule has 0 aliphatic carbocycles. The van der Waals surface area contributed by atoms with Gasteiger partial charge in [-0.2, -0.15) is 0 Å². The third kappa shape index (κ3) is 1.15. The molecule has 0 amide bonds. The van der Waals surface area contributed by atoms with Gasteiger partial charge in [-0.15, -0.1) is 0 Å². The zero-order valence-electron chi connectivity index (χ0n) is 8.91. The number of aryl methyl sites for hydroxylation is 2. The molecule has 1 atom stereocenters. The monoisotopic (exact) mass is 188 g/mol. The fraction of sp³-hybridized carbons (Fsp3) is 0.333. The molecule has 0 fully saturated rings. The zero-order chi connectivity index (χ0) is 10.3. The predicted octanol–water partition coefficient (Wildman–Crippen LogP) is 2.51. The largest absolute Gasteiger partial charge is 0.346 e. The number of nitrogens with zero attached hydrogens (tertiary/aromatic N) is 1. The molecule has 2 nitrogen and oxygen atoms in total. The van der Waals surface area contributed by atoms with Crippen molar-refractivity contribution in [3.05, 3.63) is 35.5 Å². The van der Waals surface area contributed by atoms with E-state index in [0.29, 0.717) is 0 Å². The van der Waals surface area contributed by atoms with Crippen LogP contribution in [0.2, 0.25) is 0 Å². The van der Waals surface area contributed by atoms with E-state index in [1.165, 1.54) is 22.2 Å². The normalized spacial score (nSPS) is 13.4. The van der Waals surface area contributed by atoms with E-state index in [4.69, 9.17) is 5.73 Å². The first kappa shape index (κ1) is 9.28. The molecular weight excluding hydrogens is 172 g/mol. The van der Waals surface area contributed by atoms with E-state index in [1.54, 1.807) is 0 Å². The molecule has 0 spiro atoms. The van der Waals surface area contributed by atoms with Crippen LogP contribution in [0, 0.1) is 6.92 Å². The van der Waals surface area contributed by atoms with Crippen LogP contribution >= 0.6 is 0 Å². The van der Waals surface area contributed by atoms with E-state index < -0.39 is 0 Å². The summed E-state index contributed by atoms with van der Waals surface area (Å²) in [5, 5.41) is 1.31. The summed E-state index contributed by atoms with van der Waals surface area (Å²) in [6.07, 6.45) is 0. The van der Waals surface area contributed by atoms with Crippen molar-refractivity contribution in [3.8, 4) is 0 Å². The van der Waals surface area contributed by atoms with Gasteiger partial charge in [0, 0.05) is 29.7 Å². The number of aromatic nitrogens is 1. The Morgan fingerprint density at radius 2 is 1.93 bits per heavy atom. The lowest BCUT2D eigenvalue weighted by Crippen LogP contribution is -2.11. The van der Waals surface area contributed by atoms with Gasteiger partial charge < -0.3 is 10.3 Å². The van der Waals surface area contributed by atoms with Crippen molar-refractivity contribution in [2.24, 2.45) is 12.8 Å². The smallest absolute Gasteiger partial charge is 0.0483 e. The Bertz CT molecular complexity index is 427. The van der Waals surface area contributed by atoms with Crippen LogP contribution in [0.4, 0.5) is 0 Å². The Labute approximate surface area is 84.3 Å². The van der Waals surface area contributed by atoms with E-state index in [-0.39, 0.29) is 6.04 Å². The molecule has 2 aromatic rings. The highest BCUT2D eigenvalue weighted by Crippen LogP contribution is 2.27. The topological polar surface area (TPSA) is 30.9 Å². The van der Waals surface area contributed by atoms with E-state index in [0.717, 1.165) is 0 Å². The summed E-state index contributed by atoms with van der Waals surface area (Å²) in [5.41, 5.74) is 9.75. The molecule has 0 aliphatic rings. The minimum Gasteiger partial charge on any atom is -0.346 e. The lowest BCUT2D eigenvalue weighted by molar-refractivity contribution is 0.720. The second kappa shape index (κ2) is 3.14. The molecule has 2 rings (SSSR count). The molecular formula is C12H16N2. The number of hydrogen-bond acceptors (Lipinski definition) is 1. The van der Waals surface area contributed by atoms with Crippen molar-refractivity contribution >= 4 is 10.9 Å². The molecule has 0 bridgehead atoms. The highest BCUT2D eigenvalue weighted by molar-refractivity contribution is 5.85. The minimum atomic E-state index is 0.0902. The summed E-state index contributed by atoms with van der Waals surface area (Å²) in [5.74, 6) is 0. The maximum Gasteiger partial charge on any atom is 0.0483 e. The Morgan fingerprint density at radius 1 is 1.29 bits per heavy atom. The molecule has 0 aliphatic heterocycles. The molecule has 1 aromatic heterocycles. The fourth-order valence-corrected chi connectivity index (χ4v) is 2.25. The lowest BCUT2D eigenvalue weighted by atomic mass is 10.1. The summed E-state index contributed by atoms with van der Waals surface area (Å²) in [4.78, 5) is 0. The number of nitrogens with two attached hydrogens (primary N) is 1. The van der Waals surface area contributed by atoms with Gasteiger partial charge in [0.05, 0.1) is 0 Å². The molecule has 74 valence electrons. The second-order valence-electron chi connectivity index (χ2n) is 3.88. The van der Waals surface area contributed by atoms with Crippen molar-refractivity contribution in [2.45, 2.75) is 19.9 Å². The average Bonchev–Trinajstić information content (AvgIpc) is 2.41. The highest BCUT2D eigenvalue weighted by atomic mass is 15.0. The average molecular weight is 188 g/mol. The number of hydrogen-bond donors (Lipinski definition) is 1. The van der Waals surface area contributed by atoms with Gasteiger partial charge in [-0.25, -0.2) is 0 Å². The first-order chi connectivity index (χ1) is 6.63. The van der Waals surface area contributed by atoms with E-state index in [9.17, 15) is 0 Å². The van der Waals surface area contributed by atoms with Gasteiger partial charge in [-0.3, -0.25) is 0 Å². The maximum absolute atomic E-state index is 5.96. The lowest BCUT2D eigenvalue weighted by Gasteiger charge is -2.08.